The molecule has 4 nitrogen and oxygen atoms in total. The monoisotopic (exact) mass is 145 g/mol. The molecule has 0 fully saturated rings. The number of nitrogens with one attached hydrogen (secondary N) is 1. The first-order valence-electron chi connectivity index (χ1n) is 3.46. The molecule has 0 aliphatic heterocycles. The van der Waals surface area contributed by atoms with Gasteiger partial charge in [0, 0.05) is 13.0 Å². The lowest BCUT2D eigenvalue weighted by molar-refractivity contribution is -0.117. The van der Waals surface area contributed by atoms with Crippen molar-refractivity contribution in [2.24, 2.45) is 11.5 Å². The lowest BCUT2D eigenvalue weighted by atomic mass is 10.4. The van der Waals surface area contributed by atoms with Crippen molar-refractivity contribution < 1.29 is 4.79 Å². The summed E-state index contributed by atoms with van der Waals surface area (Å²) in [5, 5.41) is 3.04. The summed E-state index contributed by atoms with van der Waals surface area (Å²) < 4.78 is 0. The Hall–Kier alpha value is -0.610. The van der Waals surface area contributed by atoms with Crippen molar-refractivity contribution in [3.8, 4) is 0 Å². The molecule has 4 heteroatoms. The van der Waals surface area contributed by atoms with Crippen molar-refractivity contribution in [1.29, 1.82) is 0 Å². The predicted molar refractivity (Wildman–Crippen MR) is 40.4 cm³/mol. The van der Waals surface area contributed by atoms with Gasteiger partial charge in [-0.15, -0.1) is 0 Å². The van der Waals surface area contributed by atoms with Gasteiger partial charge in [0.1, 0.15) is 0 Å². The lowest BCUT2D eigenvalue weighted by Gasteiger charge is -1.99. The summed E-state index contributed by atoms with van der Waals surface area (Å²) in [5.41, 5.74) is 10.1. The number of hydrogen-bond acceptors (Lipinski definition) is 3. The highest BCUT2D eigenvalue weighted by atomic mass is 16.1. The molecule has 1 amide bonds. The second kappa shape index (κ2) is 6.51. The van der Waals surface area contributed by atoms with E-state index in [0.717, 1.165) is 13.0 Å². The van der Waals surface area contributed by atoms with E-state index in [1.54, 1.807) is 0 Å². The van der Waals surface area contributed by atoms with E-state index in [1.165, 1.54) is 0 Å². The van der Waals surface area contributed by atoms with Gasteiger partial charge in [0.2, 0.25) is 5.91 Å². The number of carbonyl (C=O) groups excluding carboxylic acids is 1. The second-order valence-corrected chi connectivity index (χ2v) is 2.11. The Labute approximate surface area is 61.0 Å². The molecule has 0 bridgehead atoms. The maximum absolute atomic E-state index is 10.2. The molecule has 0 aromatic carbocycles. The van der Waals surface area contributed by atoms with Crippen molar-refractivity contribution in [2.75, 3.05) is 19.6 Å². The summed E-state index contributed by atoms with van der Waals surface area (Å²) in [5.74, 6) is -0.264. The molecule has 10 heavy (non-hydrogen) atoms. The smallest absolute Gasteiger partial charge is 0.218 e. The minimum absolute atomic E-state index is 0.264. The maximum Gasteiger partial charge on any atom is 0.218 e. The molecule has 0 aliphatic rings. The van der Waals surface area contributed by atoms with Crippen molar-refractivity contribution in [3.63, 3.8) is 0 Å². The van der Waals surface area contributed by atoms with E-state index in [-0.39, 0.29) is 5.91 Å². The Balaban J connectivity index is 2.84. The third kappa shape index (κ3) is 7.39. The molecular weight excluding hydrogens is 130 g/mol. The molecule has 0 atom stereocenters. The molecule has 0 aromatic rings. The van der Waals surface area contributed by atoms with E-state index in [4.69, 9.17) is 11.5 Å². The third-order valence-electron chi connectivity index (χ3n) is 1.11. The summed E-state index contributed by atoms with van der Waals surface area (Å²) in [6, 6.07) is 0. The summed E-state index contributed by atoms with van der Waals surface area (Å²) in [6.45, 7) is 2.21. The topological polar surface area (TPSA) is 81.1 Å². The highest BCUT2D eigenvalue weighted by molar-refractivity contribution is 5.73. The van der Waals surface area contributed by atoms with Crippen LogP contribution < -0.4 is 16.8 Å². The molecule has 0 unspecified atom stereocenters. The Morgan fingerprint density at radius 1 is 1.40 bits per heavy atom. The van der Waals surface area contributed by atoms with Crippen LogP contribution in [0.25, 0.3) is 0 Å². The SMILES string of the molecule is NCCCNCCC(N)=O. The normalized spacial score (nSPS) is 9.70. The van der Waals surface area contributed by atoms with Gasteiger partial charge in [-0.25, -0.2) is 0 Å². The zero-order chi connectivity index (χ0) is 7.82. The number of hydrogen-bond donors (Lipinski definition) is 3. The molecule has 0 heterocycles. The molecule has 0 rings (SSSR count). The van der Waals surface area contributed by atoms with E-state index >= 15 is 0 Å². The largest absolute Gasteiger partial charge is 0.370 e. The van der Waals surface area contributed by atoms with Crippen molar-refractivity contribution >= 4 is 5.91 Å². The van der Waals surface area contributed by atoms with E-state index in [2.05, 4.69) is 5.32 Å². The Bertz CT molecular complexity index is 95.0. The van der Waals surface area contributed by atoms with Crippen LogP contribution in [0.5, 0.6) is 0 Å². The molecule has 60 valence electrons. The van der Waals surface area contributed by atoms with E-state index in [9.17, 15) is 4.79 Å². The van der Waals surface area contributed by atoms with Gasteiger partial charge in [0.25, 0.3) is 0 Å². The van der Waals surface area contributed by atoms with Crippen LogP contribution in [-0.4, -0.2) is 25.5 Å². The zero-order valence-corrected chi connectivity index (χ0v) is 6.10. The Kier molecular flexibility index (Phi) is 6.11. The first kappa shape index (κ1) is 9.39. The van der Waals surface area contributed by atoms with Crippen molar-refractivity contribution in [2.45, 2.75) is 12.8 Å². The second-order valence-electron chi connectivity index (χ2n) is 2.11. The Morgan fingerprint density at radius 3 is 2.60 bits per heavy atom. The minimum Gasteiger partial charge on any atom is -0.370 e. The number of rotatable bonds is 6. The molecule has 0 radical (unpaired) electrons. The van der Waals surface area contributed by atoms with Crippen LogP contribution in [0.4, 0.5) is 0 Å². The van der Waals surface area contributed by atoms with Gasteiger partial charge in [-0.05, 0) is 19.5 Å². The fourth-order valence-corrected chi connectivity index (χ4v) is 0.564. The van der Waals surface area contributed by atoms with Crippen LogP contribution in [0.15, 0.2) is 0 Å². The summed E-state index contributed by atoms with van der Waals surface area (Å²) >= 11 is 0. The van der Waals surface area contributed by atoms with Crippen molar-refractivity contribution in [3.05, 3.63) is 0 Å². The van der Waals surface area contributed by atoms with Gasteiger partial charge < -0.3 is 16.8 Å². The summed E-state index contributed by atoms with van der Waals surface area (Å²) in [4.78, 5) is 10.2. The first-order valence-corrected chi connectivity index (χ1v) is 3.46. The van der Waals surface area contributed by atoms with Crippen LogP contribution in [0.3, 0.4) is 0 Å². The molecule has 0 saturated carbocycles. The molecule has 0 aliphatic carbocycles. The zero-order valence-electron chi connectivity index (χ0n) is 6.10. The van der Waals surface area contributed by atoms with Gasteiger partial charge in [-0.3, -0.25) is 4.79 Å². The van der Waals surface area contributed by atoms with Gasteiger partial charge in [0.15, 0.2) is 0 Å². The number of nitrogens with two attached hydrogens (primary N) is 2. The molecule has 5 N–H and O–H groups in total. The fraction of sp³-hybridized carbons (Fsp3) is 0.833. The average molecular weight is 145 g/mol. The molecule has 0 spiro atoms. The minimum atomic E-state index is -0.264. The van der Waals surface area contributed by atoms with Crippen LogP contribution in [-0.2, 0) is 4.79 Å². The fourth-order valence-electron chi connectivity index (χ4n) is 0.564. The van der Waals surface area contributed by atoms with Crippen molar-refractivity contribution in [1.82, 2.24) is 5.32 Å². The summed E-state index contributed by atoms with van der Waals surface area (Å²) in [7, 11) is 0. The standard InChI is InChI=1S/C6H15N3O/c7-3-1-4-9-5-2-6(8)10/h9H,1-5,7H2,(H2,8,10). The first-order chi connectivity index (χ1) is 4.77. The molecule has 0 saturated heterocycles. The third-order valence-corrected chi connectivity index (χ3v) is 1.11. The van der Waals surface area contributed by atoms with Crippen LogP contribution in [0.2, 0.25) is 0 Å². The number of primary amides is 1. The number of amides is 1. The predicted octanol–water partition coefficient (Wildman–Crippen LogP) is -1.20. The average Bonchev–Trinajstić information content (AvgIpc) is 1.87. The lowest BCUT2D eigenvalue weighted by Crippen LogP contribution is -2.23. The number of carbonyl (C=O) groups is 1. The van der Waals surface area contributed by atoms with E-state index < -0.39 is 0 Å². The highest BCUT2D eigenvalue weighted by Crippen LogP contribution is 1.73. The van der Waals surface area contributed by atoms with Gasteiger partial charge >= 0.3 is 0 Å². The summed E-state index contributed by atoms with van der Waals surface area (Å²) in [6.07, 6.45) is 1.35. The van der Waals surface area contributed by atoms with Crippen LogP contribution >= 0.6 is 0 Å². The van der Waals surface area contributed by atoms with Gasteiger partial charge in [-0.2, -0.15) is 0 Å². The highest BCUT2D eigenvalue weighted by Gasteiger charge is 1.91. The van der Waals surface area contributed by atoms with Crippen LogP contribution in [0, 0.1) is 0 Å². The van der Waals surface area contributed by atoms with E-state index in [1.807, 2.05) is 0 Å². The van der Waals surface area contributed by atoms with Crippen LogP contribution in [0.1, 0.15) is 12.8 Å². The van der Waals surface area contributed by atoms with Gasteiger partial charge in [0.05, 0.1) is 0 Å². The Morgan fingerprint density at radius 2 is 2.10 bits per heavy atom. The maximum atomic E-state index is 10.2. The quantitative estimate of drug-likeness (QED) is 0.411. The molecular formula is C6H15N3O. The molecule has 0 aromatic heterocycles. The van der Waals surface area contributed by atoms with E-state index in [0.29, 0.717) is 19.5 Å². The van der Waals surface area contributed by atoms with Gasteiger partial charge in [-0.1, -0.05) is 0 Å².